The first kappa shape index (κ1) is 14.3. The Labute approximate surface area is 140 Å². The number of ether oxygens (including phenoxy) is 1. The molecule has 0 N–H and O–H groups in total. The first-order chi connectivity index (χ1) is 11.3. The summed E-state index contributed by atoms with van der Waals surface area (Å²) in [4.78, 5) is 23.1. The largest absolute Gasteiger partial charge is 0.461 e. The van der Waals surface area contributed by atoms with E-state index < -0.39 is 0 Å². The first-order valence-electron chi connectivity index (χ1n) is 7.22. The number of pyridine rings is 1. The first-order valence-corrected chi connectivity index (χ1v) is 8.92. The van der Waals surface area contributed by atoms with Crippen molar-refractivity contribution in [3.63, 3.8) is 0 Å². The molecule has 116 valence electrons. The van der Waals surface area contributed by atoms with Gasteiger partial charge in [0.25, 0.3) is 0 Å². The highest BCUT2D eigenvalue weighted by Crippen LogP contribution is 2.28. The van der Waals surface area contributed by atoms with Crippen molar-refractivity contribution in [1.82, 2.24) is 14.4 Å². The number of aromatic nitrogens is 3. The van der Waals surface area contributed by atoms with Gasteiger partial charge in [0.05, 0.1) is 12.1 Å². The molecule has 0 amide bonds. The number of hydrogen-bond donors (Lipinski definition) is 0. The quantitative estimate of drug-likeness (QED) is 0.409. The van der Waals surface area contributed by atoms with Gasteiger partial charge in [0.2, 0.25) is 0 Å². The predicted octanol–water partition coefficient (Wildman–Crippen LogP) is 3.80. The van der Waals surface area contributed by atoms with E-state index >= 15 is 0 Å². The highest BCUT2D eigenvalue weighted by Gasteiger charge is 2.15. The van der Waals surface area contributed by atoms with Gasteiger partial charge in [0.1, 0.15) is 9.71 Å². The maximum atomic E-state index is 12.1. The van der Waals surface area contributed by atoms with E-state index in [4.69, 9.17) is 4.74 Å². The molecule has 0 unspecified atom stereocenters. The number of carbonyl (C=O) groups excluding carboxylic acids is 1. The van der Waals surface area contributed by atoms with Crippen LogP contribution in [0.1, 0.15) is 21.7 Å². The predicted molar refractivity (Wildman–Crippen MR) is 91.3 cm³/mol. The summed E-state index contributed by atoms with van der Waals surface area (Å²) in [6.45, 7) is 0.414. The van der Waals surface area contributed by atoms with Crippen LogP contribution in [-0.2, 0) is 11.2 Å². The number of thiophene rings is 1. The highest BCUT2D eigenvalue weighted by atomic mass is 32.1. The third-order valence-corrected chi connectivity index (χ3v) is 5.29. The molecule has 0 aliphatic heterocycles. The van der Waals surface area contributed by atoms with Gasteiger partial charge >= 0.3 is 5.97 Å². The van der Waals surface area contributed by atoms with Crippen LogP contribution in [0.2, 0.25) is 0 Å². The van der Waals surface area contributed by atoms with Crippen LogP contribution in [0.25, 0.3) is 15.3 Å². The molecule has 4 heterocycles. The summed E-state index contributed by atoms with van der Waals surface area (Å²) in [5.74, 6) is -0.272. The van der Waals surface area contributed by atoms with E-state index in [9.17, 15) is 4.79 Å². The number of nitrogens with zero attached hydrogens (tertiary/aromatic N) is 3. The molecule has 0 atom stereocenters. The van der Waals surface area contributed by atoms with E-state index in [-0.39, 0.29) is 5.97 Å². The van der Waals surface area contributed by atoms with Gasteiger partial charge in [0, 0.05) is 24.0 Å². The van der Waals surface area contributed by atoms with Gasteiger partial charge in [-0.3, -0.25) is 9.38 Å². The number of esters is 1. The highest BCUT2D eigenvalue weighted by molar-refractivity contribution is 7.21. The molecule has 0 saturated carbocycles. The molecule has 5 nitrogen and oxygen atoms in total. The van der Waals surface area contributed by atoms with E-state index in [1.54, 1.807) is 23.7 Å². The van der Waals surface area contributed by atoms with Gasteiger partial charge in [0.15, 0.2) is 4.96 Å². The Morgan fingerprint density at radius 3 is 3.04 bits per heavy atom. The van der Waals surface area contributed by atoms with Crippen LogP contribution in [0.5, 0.6) is 0 Å². The molecule has 7 heteroatoms. The average molecular weight is 343 g/mol. The summed E-state index contributed by atoms with van der Waals surface area (Å²) >= 11 is 2.97. The van der Waals surface area contributed by atoms with Gasteiger partial charge in [-0.2, -0.15) is 0 Å². The molecule has 4 aromatic heterocycles. The molecule has 0 bridgehead atoms. The Morgan fingerprint density at radius 2 is 2.17 bits per heavy atom. The molecule has 0 radical (unpaired) electrons. The number of imidazole rings is 1. The zero-order valence-electron chi connectivity index (χ0n) is 12.1. The van der Waals surface area contributed by atoms with Gasteiger partial charge in [-0.1, -0.05) is 0 Å². The summed E-state index contributed by atoms with van der Waals surface area (Å²) < 4.78 is 7.36. The second-order valence-electron chi connectivity index (χ2n) is 5.06. The number of hydrogen-bond acceptors (Lipinski definition) is 6. The van der Waals surface area contributed by atoms with E-state index in [0.29, 0.717) is 11.5 Å². The Balaban J connectivity index is 1.38. The minimum Gasteiger partial charge on any atom is -0.461 e. The number of carbonyl (C=O) groups is 1. The zero-order valence-corrected chi connectivity index (χ0v) is 13.8. The molecule has 0 aliphatic rings. The van der Waals surface area contributed by atoms with Crippen LogP contribution in [0.3, 0.4) is 0 Å². The van der Waals surface area contributed by atoms with Crippen LogP contribution in [0.4, 0.5) is 0 Å². The number of aryl methyl sites for hydroxylation is 1. The summed E-state index contributed by atoms with van der Waals surface area (Å²) in [5, 5.41) is 1.98. The third kappa shape index (κ3) is 2.85. The summed E-state index contributed by atoms with van der Waals surface area (Å²) in [6.07, 6.45) is 7.18. The fourth-order valence-corrected chi connectivity index (χ4v) is 4.10. The van der Waals surface area contributed by atoms with Crippen LogP contribution in [-0.4, -0.2) is 26.9 Å². The SMILES string of the molecule is O=C(OCCCc1ccncc1)c1cc2c(nc3sccn32)s1. The molecule has 0 spiro atoms. The standard InChI is InChI=1S/C16H13N3O2S2/c20-15(21-8-1-2-11-3-5-17-6-4-11)13-10-12-14(23-13)18-16-19(12)7-9-22-16/h3-7,9-10H,1-2,8H2. The van der Waals surface area contributed by atoms with Gasteiger partial charge in [-0.25, -0.2) is 9.78 Å². The van der Waals surface area contributed by atoms with Crippen molar-refractivity contribution in [3.05, 3.63) is 52.6 Å². The smallest absolute Gasteiger partial charge is 0.348 e. The van der Waals surface area contributed by atoms with Crippen molar-refractivity contribution in [1.29, 1.82) is 0 Å². The van der Waals surface area contributed by atoms with E-state index in [1.807, 2.05) is 34.2 Å². The number of fused-ring (bicyclic) bond motifs is 3. The van der Waals surface area contributed by atoms with Crippen molar-refractivity contribution < 1.29 is 9.53 Å². The molecule has 4 aromatic rings. The molecule has 0 fully saturated rings. The topological polar surface area (TPSA) is 56.5 Å². The Bertz CT molecular complexity index is 956. The third-order valence-electron chi connectivity index (χ3n) is 3.53. The number of rotatable bonds is 5. The second-order valence-corrected chi connectivity index (χ2v) is 6.97. The maximum absolute atomic E-state index is 12.1. The van der Waals surface area contributed by atoms with Crippen molar-refractivity contribution in [3.8, 4) is 0 Å². The Kier molecular flexibility index (Phi) is 3.80. The monoisotopic (exact) mass is 343 g/mol. The van der Waals surface area contributed by atoms with Crippen LogP contribution >= 0.6 is 22.7 Å². The molecule has 0 aliphatic carbocycles. The molecule has 23 heavy (non-hydrogen) atoms. The molecular formula is C16H13N3O2S2. The van der Waals surface area contributed by atoms with Crippen LogP contribution in [0.15, 0.2) is 42.2 Å². The van der Waals surface area contributed by atoms with Crippen molar-refractivity contribution in [2.45, 2.75) is 12.8 Å². The Morgan fingerprint density at radius 1 is 1.30 bits per heavy atom. The summed E-state index contributed by atoms with van der Waals surface area (Å²) in [6, 6.07) is 5.81. The van der Waals surface area contributed by atoms with Crippen molar-refractivity contribution in [2.75, 3.05) is 6.61 Å². The lowest BCUT2D eigenvalue weighted by atomic mass is 10.1. The lowest BCUT2D eigenvalue weighted by Crippen LogP contribution is -2.05. The normalized spacial score (nSPS) is 11.3. The van der Waals surface area contributed by atoms with Crippen molar-refractivity contribution >= 4 is 44.0 Å². The maximum Gasteiger partial charge on any atom is 0.348 e. The van der Waals surface area contributed by atoms with E-state index in [1.165, 1.54) is 16.9 Å². The van der Waals surface area contributed by atoms with Crippen LogP contribution < -0.4 is 0 Å². The zero-order chi connectivity index (χ0) is 15.6. The molecular weight excluding hydrogens is 330 g/mol. The minimum absolute atomic E-state index is 0.272. The Hall–Kier alpha value is -2.25. The van der Waals surface area contributed by atoms with Crippen molar-refractivity contribution in [2.24, 2.45) is 0 Å². The average Bonchev–Trinajstić information content (AvgIpc) is 3.24. The lowest BCUT2D eigenvalue weighted by Gasteiger charge is -2.03. The minimum atomic E-state index is -0.272. The fraction of sp³-hybridized carbons (Fsp3) is 0.188. The lowest BCUT2D eigenvalue weighted by molar-refractivity contribution is 0.0506. The number of thiazole rings is 1. The molecule has 4 rings (SSSR count). The van der Waals surface area contributed by atoms with Gasteiger partial charge in [-0.15, -0.1) is 22.7 Å². The molecule has 0 saturated heterocycles. The fourth-order valence-electron chi connectivity index (χ4n) is 2.41. The summed E-state index contributed by atoms with van der Waals surface area (Å²) in [5.41, 5.74) is 2.17. The molecule has 0 aromatic carbocycles. The second kappa shape index (κ2) is 6.10. The van der Waals surface area contributed by atoms with E-state index in [2.05, 4.69) is 9.97 Å². The summed E-state index contributed by atoms with van der Waals surface area (Å²) in [7, 11) is 0. The van der Waals surface area contributed by atoms with Gasteiger partial charge in [-0.05, 0) is 36.6 Å². The van der Waals surface area contributed by atoms with E-state index in [0.717, 1.165) is 28.1 Å². The van der Waals surface area contributed by atoms with Crippen LogP contribution in [0, 0.1) is 0 Å². The van der Waals surface area contributed by atoms with Gasteiger partial charge < -0.3 is 4.74 Å².